The van der Waals surface area contributed by atoms with Crippen molar-refractivity contribution in [1.82, 2.24) is 5.32 Å². The van der Waals surface area contributed by atoms with E-state index in [1.165, 1.54) is 0 Å². The number of rotatable bonds is 3. The molecule has 0 aromatic rings. The largest absolute Gasteiger partial charge is 0.481 e. The quantitative estimate of drug-likeness (QED) is 0.765. The van der Waals surface area contributed by atoms with Crippen LogP contribution in [0.25, 0.3) is 0 Å². The minimum absolute atomic E-state index is 0.00361. The molecule has 0 aromatic heterocycles. The molecular weight excluding hydrogens is 222 g/mol. The second-order valence-electron chi connectivity index (χ2n) is 5.02. The number of carboxylic acids is 1. The molecule has 2 N–H and O–H groups in total. The molecule has 1 heterocycles. The van der Waals surface area contributed by atoms with Gasteiger partial charge in [0.05, 0.1) is 18.1 Å². The number of carboxylic acid groups (broad SMARTS) is 1. The molecule has 1 amide bonds. The van der Waals surface area contributed by atoms with Crippen molar-refractivity contribution < 1.29 is 19.4 Å². The predicted molar refractivity (Wildman–Crippen MR) is 60.4 cm³/mol. The molecule has 0 radical (unpaired) electrons. The average molecular weight is 241 g/mol. The molecule has 1 aliphatic carbocycles. The van der Waals surface area contributed by atoms with Gasteiger partial charge in [0.1, 0.15) is 0 Å². The van der Waals surface area contributed by atoms with Crippen LogP contribution in [0.2, 0.25) is 0 Å². The monoisotopic (exact) mass is 241 g/mol. The average Bonchev–Trinajstić information content (AvgIpc) is 2.88. The number of nitrogens with one attached hydrogen (secondary N) is 1. The van der Waals surface area contributed by atoms with Crippen LogP contribution in [0.4, 0.5) is 0 Å². The van der Waals surface area contributed by atoms with E-state index in [-0.39, 0.29) is 29.9 Å². The third kappa shape index (κ3) is 2.77. The highest BCUT2D eigenvalue weighted by atomic mass is 16.5. The molecule has 1 aliphatic heterocycles. The van der Waals surface area contributed by atoms with Crippen molar-refractivity contribution in [3.63, 3.8) is 0 Å². The Labute approximate surface area is 101 Å². The number of ether oxygens (including phenoxy) is 1. The lowest BCUT2D eigenvalue weighted by molar-refractivity contribution is -0.141. The summed E-state index contributed by atoms with van der Waals surface area (Å²) in [4.78, 5) is 22.8. The van der Waals surface area contributed by atoms with Gasteiger partial charge in [-0.05, 0) is 32.6 Å². The van der Waals surface area contributed by atoms with E-state index in [0.717, 1.165) is 6.42 Å². The Morgan fingerprint density at radius 3 is 2.47 bits per heavy atom. The van der Waals surface area contributed by atoms with E-state index < -0.39 is 5.97 Å². The van der Waals surface area contributed by atoms with Crippen molar-refractivity contribution in [2.45, 2.75) is 44.8 Å². The molecule has 0 bridgehead atoms. The summed E-state index contributed by atoms with van der Waals surface area (Å²) in [6, 6.07) is 0.0892. The van der Waals surface area contributed by atoms with Crippen LogP contribution in [-0.2, 0) is 14.3 Å². The third-order valence-corrected chi connectivity index (χ3v) is 3.86. The first-order valence-corrected chi connectivity index (χ1v) is 6.22. The highest BCUT2D eigenvalue weighted by Gasteiger charge is 2.35. The Balaban J connectivity index is 1.83. The van der Waals surface area contributed by atoms with Crippen LogP contribution < -0.4 is 5.32 Å². The van der Waals surface area contributed by atoms with Gasteiger partial charge in [-0.25, -0.2) is 0 Å². The first-order valence-electron chi connectivity index (χ1n) is 6.22. The summed E-state index contributed by atoms with van der Waals surface area (Å²) in [5, 5.41) is 11.9. The summed E-state index contributed by atoms with van der Waals surface area (Å²) in [5.74, 6) is -1.26. The zero-order valence-electron chi connectivity index (χ0n) is 10.0. The Kier molecular flexibility index (Phi) is 3.66. The number of aliphatic carboxylic acids is 1. The molecule has 2 aliphatic rings. The Morgan fingerprint density at radius 1 is 1.24 bits per heavy atom. The van der Waals surface area contributed by atoms with Crippen LogP contribution in [0, 0.1) is 11.8 Å². The second-order valence-corrected chi connectivity index (χ2v) is 5.02. The van der Waals surface area contributed by atoms with E-state index in [2.05, 4.69) is 5.32 Å². The molecule has 2 rings (SSSR count). The van der Waals surface area contributed by atoms with Crippen LogP contribution in [0.1, 0.15) is 32.6 Å². The zero-order valence-corrected chi connectivity index (χ0v) is 10.0. The third-order valence-electron chi connectivity index (χ3n) is 3.86. The van der Waals surface area contributed by atoms with E-state index in [4.69, 9.17) is 9.84 Å². The molecule has 2 fully saturated rings. The van der Waals surface area contributed by atoms with Crippen molar-refractivity contribution >= 4 is 11.9 Å². The fourth-order valence-corrected chi connectivity index (χ4v) is 2.67. The lowest BCUT2D eigenvalue weighted by Crippen LogP contribution is -2.42. The van der Waals surface area contributed by atoms with Gasteiger partial charge in [0.2, 0.25) is 5.91 Å². The lowest BCUT2D eigenvalue weighted by Gasteiger charge is -2.18. The van der Waals surface area contributed by atoms with Crippen molar-refractivity contribution in [3.05, 3.63) is 0 Å². The van der Waals surface area contributed by atoms with E-state index >= 15 is 0 Å². The maximum Gasteiger partial charge on any atom is 0.306 e. The molecular formula is C12H19NO4. The molecule has 5 heteroatoms. The highest BCUT2D eigenvalue weighted by Crippen LogP contribution is 2.31. The van der Waals surface area contributed by atoms with Gasteiger partial charge in [0.15, 0.2) is 0 Å². The van der Waals surface area contributed by atoms with Crippen LogP contribution in [0.15, 0.2) is 0 Å². The SMILES string of the molecule is CC1OCCC1NC(=O)C1CCC(C(=O)O)C1. The number of hydrogen-bond acceptors (Lipinski definition) is 3. The van der Waals surface area contributed by atoms with Gasteiger partial charge >= 0.3 is 5.97 Å². The maximum atomic E-state index is 12.0. The normalized spacial score (nSPS) is 37.0. The molecule has 5 nitrogen and oxygen atoms in total. The molecule has 0 spiro atoms. The van der Waals surface area contributed by atoms with Crippen molar-refractivity contribution in [3.8, 4) is 0 Å². The Bertz CT molecular complexity index is 318. The Morgan fingerprint density at radius 2 is 1.94 bits per heavy atom. The summed E-state index contributed by atoms with van der Waals surface area (Å²) in [5.41, 5.74) is 0. The van der Waals surface area contributed by atoms with Crippen LogP contribution >= 0.6 is 0 Å². The summed E-state index contributed by atoms with van der Waals surface area (Å²) in [6.45, 7) is 2.64. The van der Waals surface area contributed by atoms with Gasteiger partial charge in [-0.1, -0.05) is 0 Å². The van der Waals surface area contributed by atoms with Gasteiger partial charge in [0.25, 0.3) is 0 Å². The van der Waals surface area contributed by atoms with Crippen LogP contribution in [-0.4, -0.2) is 35.7 Å². The standard InChI is InChI=1S/C12H19NO4/c1-7-10(4-5-17-7)13-11(14)8-2-3-9(6-8)12(15)16/h7-10H,2-6H2,1H3,(H,13,14)(H,15,16). The van der Waals surface area contributed by atoms with Crippen molar-refractivity contribution in [1.29, 1.82) is 0 Å². The number of hydrogen-bond donors (Lipinski definition) is 2. The first kappa shape index (κ1) is 12.4. The topological polar surface area (TPSA) is 75.6 Å². The van der Waals surface area contributed by atoms with Crippen LogP contribution in [0.3, 0.4) is 0 Å². The van der Waals surface area contributed by atoms with Gasteiger partial charge in [-0.15, -0.1) is 0 Å². The predicted octanol–water partition coefficient (Wildman–Crippen LogP) is 0.781. The van der Waals surface area contributed by atoms with E-state index in [1.807, 2.05) is 6.92 Å². The zero-order chi connectivity index (χ0) is 12.4. The minimum atomic E-state index is -0.780. The van der Waals surface area contributed by atoms with E-state index in [1.54, 1.807) is 0 Å². The maximum absolute atomic E-state index is 12.0. The Hall–Kier alpha value is -1.10. The summed E-state index contributed by atoms with van der Waals surface area (Å²) in [7, 11) is 0. The van der Waals surface area contributed by atoms with Gasteiger partial charge in [0, 0.05) is 12.5 Å². The fraction of sp³-hybridized carbons (Fsp3) is 0.833. The van der Waals surface area contributed by atoms with Gasteiger partial charge < -0.3 is 15.2 Å². The van der Waals surface area contributed by atoms with Crippen molar-refractivity contribution in [2.24, 2.45) is 11.8 Å². The van der Waals surface area contributed by atoms with E-state index in [0.29, 0.717) is 25.9 Å². The molecule has 17 heavy (non-hydrogen) atoms. The van der Waals surface area contributed by atoms with Gasteiger partial charge in [-0.3, -0.25) is 9.59 Å². The first-order chi connectivity index (χ1) is 8.08. The molecule has 1 saturated carbocycles. The van der Waals surface area contributed by atoms with E-state index in [9.17, 15) is 9.59 Å². The lowest BCUT2D eigenvalue weighted by atomic mass is 10.0. The number of amides is 1. The summed E-state index contributed by atoms with van der Waals surface area (Å²) >= 11 is 0. The number of carbonyl (C=O) groups excluding carboxylic acids is 1. The molecule has 1 saturated heterocycles. The minimum Gasteiger partial charge on any atom is -0.481 e. The van der Waals surface area contributed by atoms with Crippen molar-refractivity contribution in [2.75, 3.05) is 6.61 Å². The second kappa shape index (κ2) is 5.04. The summed E-state index contributed by atoms with van der Waals surface area (Å²) in [6.07, 6.45) is 2.69. The highest BCUT2D eigenvalue weighted by molar-refractivity contribution is 5.81. The number of carbonyl (C=O) groups is 2. The van der Waals surface area contributed by atoms with Gasteiger partial charge in [-0.2, -0.15) is 0 Å². The molecule has 0 aromatic carbocycles. The summed E-state index contributed by atoms with van der Waals surface area (Å²) < 4.78 is 5.38. The molecule has 4 atom stereocenters. The molecule has 96 valence electrons. The van der Waals surface area contributed by atoms with Crippen LogP contribution in [0.5, 0.6) is 0 Å². The molecule has 4 unspecified atom stereocenters. The fourth-order valence-electron chi connectivity index (χ4n) is 2.67. The smallest absolute Gasteiger partial charge is 0.306 e.